The molecule has 29 heavy (non-hydrogen) atoms. The molecule has 0 bridgehead atoms. The van der Waals surface area contributed by atoms with E-state index in [0.717, 1.165) is 5.56 Å². The van der Waals surface area contributed by atoms with E-state index >= 15 is 0 Å². The van der Waals surface area contributed by atoms with E-state index in [0.29, 0.717) is 25.3 Å². The molecule has 1 saturated heterocycles. The molecule has 2 amide bonds. The van der Waals surface area contributed by atoms with Crippen molar-refractivity contribution in [2.24, 2.45) is 0 Å². The fraction of sp³-hybridized carbons (Fsp3) is 0.417. The summed E-state index contributed by atoms with van der Waals surface area (Å²) in [4.78, 5) is 27.2. The maximum atomic E-state index is 12.9. The van der Waals surface area contributed by atoms with Crippen LogP contribution in [0.5, 0.6) is 0 Å². The molecule has 2 atom stereocenters. The Morgan fingerprint density at radius 3 is 2.34 bits per heavy atom. The first-order valence-electron chi connectivity index (χ1n) is 10.1. The van der Waals surface area contributed by atoms with Crippen molar-refractivity contribution in [2.75, 3.05) is 19.7 Å². The number of carbonyl (C=O) groups is 2. The van der Waals surface area contributed by atoms with Gasteiger partial charge in [-0.2, -0.15) is 0 Å². The quantitative estimate of drug-likeness (QED) is 0.860. The summed E-state index contributed by atoms with van der Waals surface area (Å²) < 4.78 is 5.83. The van der Waals surface area contributed by atoms with Gasteiger partial charge in [-0.15, -0.1) is 0 Å². The number of rotatable bonds is 4. The zero-order chi connectivity index (χ0) is 21.0. The third-order valence-corrected chi connectivity index (χ3v) is 5.28. The van der Waals surface area contributed by atoms with Crippen LogP contribution in [0.4, 0.5) is 0 Å². The van der Waals surface area contributed by atoms with E-state index < -0.39 is 6.04 Å². The van der Waals surface area contributed by atoms with Crippen molar-refractivity contribution in [1.29, 1.82) is 0 Å². The lowest BCUT2D eigenvalue weighted by molar-refractivity contribution is -0.140. The average Bonchev–Trinajstić information content (AvgIpc) is 2.73. The minimum atomic E-state index is -0.598. The lowest BCUT2D eigenvalue weighted by Crippen LogP contribution is -2.51. The Labute approximate surface area is 173 Å². The van der Waals surface area contributed by atoms with Gasteiger partial charge < -0.3 is 15.0 Å². The Morgan fingerprint density at radius 1 is 1.07 bits per heavy atom. The molecule has 1 heterocycles. The molecule has 0 aliphatic carbocycles. The molecule has 154 valence electrons. The number of hydrogen-bond donors (Lipinski definition) is 1. The third-order valence-electron chi connectivity index (χ3n) is 5.28. The zero-order valence-electron chi connectivity index (χ0n) is 17.6. The summed E-state index contributed by atoms with van der Waals surface area (Å²) in [6, 6.07) is 16.9. The minimum Gasteiger partial charge on any atom is -0.370 e. The SMILES string of the molecule is C[C@@H](NC(=O)c1ccc(C(C)(C)C)cc1)C(=O)N1CCOC(c2ccccc2)C1. The van der Waals surface area contributed by atoms with Gasteiger partial charge in [0.15, 0.2) is 0 Å². The van der Waals surface area contributed by atoms with Crippen LogP contribution in [0.25, 0.3) is 0 Å². The minimum absolute atomic E-state index is 0.0316. The summed E-state index contributed by atoms with van der Waals surface area (Å²) in [6.45, 7) is 9.64. The fourth-order valence-corrected chi connectivity index (χ4v) is 3.46. The number of benzene rings is 2. The smallest absolute Gasteiger partial charge is 0.251 e. The van der Waals surface area contributed by atoms with E-state index in [1.807, 2.05) is 54.6 Å². The van der Waals surface area contributed by atoms with E-state index in [4.69, 9.17) is 4.74 Å². The molecule has 3 rings (SSSR count). The van der Waals surface area contributed by atoms with E-state index in [1.54, 1.807) is 11.8 Å². The lowest BCUT2D eigenvalue weighted by Gasteiger charge is -2.34. The average molecular weight is 395 g/mol. The first-order chi connectivity index (χ1) is 13.8. The highest BCUT2D eigenvalue weighted by atomic mass is 16.5. The summed E-state index contributed by atoms with van der Waals surface area (Å²) in [7, 11) is 0. The Balaban J connectivity index is 1.60. The molecule has 2 aromatic carbocycles. The van der Waals surface area contributed by atoms with E-state index in [9.17, 15) is 9.59 Å². The van der Waals surface area contributed by atoms with Gasteiger partial charge in [-0.1, -0.05) is 63.2 Å². The van der Waals surface area contributed by atoms with Crippen LogP contribution in [-0.4, -0.2) is 42.5 Å². The highest BCUT2D eigenvalue weighted by molar-refractivity contribution is 5.97. The first kappa shape index (κ1) is 21.1. The molecule has 1 aliphatic heterocycles. The Hall–Kier alpha value is -2.66. The number of nitrogens with one attached hydrogen (secondary N) is 1. The van der Waals surface area contributed by atoms with Crippen LogP contribution >= 0.6 is 0 Å². The molecule has 1 aliphatic rings. The van der Waals surface area contributed by atoms with Gasteiger partial charge in [0.25, 0.3) is 5.91 Å². The van der Waals surface area contributed by atoms with E-state index in [1.165, 1.54) is 5.56 Å². The van der Waals surface area contributed by atoms with Crippen molar-refractivity contribution >= 4 is 11.8 Å². The molecule has 1 fully saturated rings. The first-order valence-corrected chi connectivity index (χ1v) is 10.1. The molecular weight excluding hydrogens is 364 g/mol. The predicted octanol–water partition coefficient (Wildman–Crippen LogP) is 3.70. The summed E-state index contributed by atoms with van der Waals surface area (Å²) >= 11 is 0. The van der Waals surface area contributed by atoms with Crippen LogP contribution in [-0.2, 0) is 14.9 Å². The molecule has 0 spiro atoms. The molecule has 5 nitrogen and oxygen atoms in total. The van der Waals surface area contributed by atoms with Crippen LogP contribution in [0.15, 0.2) is 54.6 Å². The van der Waals surface area contributed by atoms with Crippen LogP contribution in [0, 0.1) is 0 Å². The monoisotopic (exact) mass is 394 g/mol. The second-order valence-corrected chi connectivity index (χ2v) is 8.58. The molecule has 1 unspecified atom stereocenters. The molecule has 0 aromatic heterocycles. The molecule has 5 heteroatoms. The van der Waals surface area contributed by atoms with Gasteiger partial charge in [0.2, 0.25) is 5.91 Å². The van der Waals surface area contributed by atoms with Crippen molar-refractivity contribution in [1.82, 2.24) is 10.2 Å². The van der Waals surface area contributed by atoms with Crippen LogP contribution in [0.2, 0.25) is 0 Å². The van der Waals surface area contributed by atoms with Crippen molar-refractivity contribution in [3.8, 4) is 0 Å². The van der Waals surface area contributed by atoms with Crippen LogP contribution < -0.4 is 5.32 Å². The molecule has 1 N–H and O–H groups in total. The van der Waals surface area contributed by atoms with Crippen LogP contribution in [0.3, 0.4) is 0 Å². The maximum absolute atomic E-state index is 12.9. The summed E-state index contributed by atoms with van der Waals surface area (Å²) in [5.41, 5.74) is 2.81. The van der Waals surface area contributed by atoms with Crippen molar-refractivity contribution in [2.45, 2.75) is 45.3 Å². The molecule has 0 saturated carbocycles. The Morgan fingerprint density at radius 2 is 1.72 bits per heavy atom. The van der Waals surface area contributed by atoms with Crippen molar-refractivity contribution in [3.63, 3.8) is 0 Å². The maximum Gasteiger partial charge on any atom is 0.251 e. The van der Waals surface area contributed by atoms with Gasteiger partial charge in [-0.3, -0.25) is 9.59 Å². The second-order valence-electron chi connectivity index (χ2n) is 8.58. The fourth-order valence-electron chi connectivity index (χ4n) is 3.46. The van der Waals surface area contributed by atoms with E-state index in [2.05, 4.69) is 26.1 Å². The number of ether oxygens (including phenoxy) is 1. The lowest BCUT2D eigenvalue weighted by atomic mass is 9.86. The van der Waals surface area contributed by atoms with Gasteiger partial charge in [-0.25, -0.2) is 0 Å². The third kappa shape index (κ3) is 5.24. The largest absolute Gasteiger partial charge is 0.370 e. The van der Waals surface area contributed by atoms with Crippen LogP contribution in [0.1, 0.15) is 55.3 Å². The predicted molar refractivity (Wildman–Crippen MR) is 114 cm³/mol. The molecule has 0 radical (unpaired) electrons. The van der Waals surface area contributed by atoms with Crippen molar-refractivity contribution < 1.29 is 14.3 Å². The Kier molecular flexibility index (Phi) is 6.38. The molecular formula is C24H30N2O3. The normalized spacial score (nSPS) is 18.2. The van der Waals surface area contributed by atoms with E-state index in [-0.39, 0.29) is 23.3 Å². The number of carbonyl (C=O) groups excluding carboxylic acids is 2. The zero-order valence-corrected chi connectivity index (χ0v) is 17.6. The number of morpholine rings is 1. The van der Waals surface area contributed by atoms with Gasteiger partial charge in [0.05, 0.1) is 13.2 Å². The summed E-state index contributed by atoms with van der Waals surface area (Å²) in [5.74, 6) is -0.326. The van der Waals surface area contributed by atoms with Gasteiger partial charge in [-0.05, 0) is 35.6 Å². The highest BCUT2D eigenvalue weighted by Gasteiger charge is 2.29. The number of hydrogen-bond acceptors (Lipinski definition) is 3. The number of amides is 2. The summed E-state index contributed by atoms with van der Waals surface area (Å²) in [6.07, 6.45) is -0.137. The van der Waals surface area contributed by atoms with Crippen molar-refractivity contribution in [3.05, 3.63) is 71.3 Å². The topological polar surface area (TPSA) is 58.6 Å². The number of nitrogens with zero attached hydrogens (tertiary/aromatic N) is 1. The summed E-state index contributed by atoms with van der Waals surface area (Å²) in [5, 5.41) is 2.84. The second kappa shape index (κ2) is 8.78. The standard InChI is InChI=1S/C24H30N2O3/c1-17(25-22(27)19-10-12-20(13-11-19)24(2,3)4)23(28)26-14-15-29-21(16-26)18-8-6-5-7-9-18/h5-13,17,21H,14-16H2,1-4H3,(H,25,27)/t17-,21?/m1/s1. The van der Waals surface area contributed by atoms with Gasteiger partial charge in [0, 0.05) is 12.1 Å². The molecule has 2 aromatic rings. The highest BCUT2D eigenvalue weighted by Crippen LogP contribution is 2.23. The van der Waals surface area contributed by atoms with Gasteiger partial charge >= 0.3 is 0 Å². The van der Waals surface area contributed by atoms with Gasteiger partial charge in [0.1, 0.15) is 12.1 Å². The Bertz CT molecular complexity index is 841.